The lowest BCUT2D eigenvalue weighted by molar-refractivity contribution is -0.153. The van der Waals surface area contributed by atoms with E-state index in [1.165, 1.54) is 14.2 Å². The van der Waals surface area contributed by atoms with E-state index >= 15 is 0 Å². The summed E-state index contributed by atoms with van der Waals surface area (Å²) in [6, 6.07) is 6.49. The molecule has 1 aromatic carbocycles. The monoisotopic (exact) mass is 392 g/mol. The molecule has 0 aliphatic carbocycles. The SMILES string of the molecule is COC(=O)C1CCN(C(=O)COC(=O)CNC(=O)c2cccc(OC)c2)CC1. The van der Waals surface area contributed by atoms with E-state index in [9.17, 15) is 19.2 Å². The molecule has 9 nitrogen and oxygen atoms in total. The first-order valence-electron chi connectivity index (χ1n) is 8.88. The van der Waals surface area contributed by atoms with Gasteiger partial charge in [0.05, 0.1) is 20.1 Å². The quantitative estimate of drug-likeness (QED) is 0.668. The van der Waals surface area contributed by atoms with E-state index < -0.39 is 18.5 Å². The van der Waals surface area contributed by atoms with Crippen LogP contribution in [0.5, 0.6) is 5.75 Å². The second kappa shape index (κ2) is 10.3. The first-order chi connectivity index (χ1) is 13.4. The van der Waals surface area contributed by atoms with Crippen molar-refractivity contribution in [3.05, 3.63) is 29.8 Å². The van der Waals surface area contributed by atoms with Crippen LogP contribution in [0.2, 0.25) is 0 Å². The van der Waals surface area contributed by atoms with Crippen LogP contribution in [0.4, 0.5) is 0 Å². The van der Waals surface area contributed by atoms with Crippen LogP contribution in [0.1, 0.15) is 23.2 Å². The second-order valence-corrected chi connectivity index (χ2v) is 6.25. The molecule has 9 heteroatoms. The van der Waals surface area contributed by atoms with Gasteiger partial charge in [0, 0.05) is 18.7 Å². The van der Waals surface area contributed by atoms with E-state index in [2.05, 4.69) is 5.32 Å². The van der Waals surface area contributed by atoms with E-state index in [1.54, 1.807) is 29.2 Å². The molecule has 0 saturated carbocycles. The van der Waals surface area contributed by atoms with E-state index in [4.69, 9.17) is 14.2 Å². The van der Waals surface area contributed by atoms with Crippen LogP contribution in [0, 0.1) is 5.92 Å². The van der Waals surface area contributed by atoms with E-state index in [1.807, 2.05) is 0 Å². The summed E-state index contributed by atoms with van der Waals surface area (Å²) in [5.41, 5.74) is 0.344. The molecule has 2 rings (SSSR count). The topological polar surface area (TPSA) is 111 Å². The summed E-state index contributed by atoms with van der Waals surface area (Å²) in [5.74, 6) is -1.46. The normalized spacial score (nSPS) is 14.1. The Bertz CT molecular complexity index is 727. The number of carbonyl (C=O) groups excluding carboxylic acids is 4. The third-order valence-corrected chi connectivity index (χ3v) is 4.46. The Morgan fingerprint density at radius 2 is 1.86 bits per heavy atom. The number of nitrogens with zero attached hydrogens (tertiary/aromatic N) is 1. The number of ether oxygens (including phenoxy) is 3. The first kappa shape index (κ1) is 21.2. The van der Waals surface area contributed by atoms with Gasteiger partial charge in [-0.3, -0.25) is 19.2 Å². The molecule has 2 amide bonds. The molecule has 1 aliphatic rings. The van der Waals surface area contributed by atoms with Crippen LogP contribution in [-0.2, 0) is 23.9 Å². The Hall–Kier alpha value is -3.10. The molecule has 1 saturated heterocycles. The largest absolute Gasteiger partial charge is 0.497 e. The van der Waals surface area contributed by atoms with Crippen LogP contribution in [0.25, 0.3) is 0 Å². The highest BCUT2D eigenvalue weighted by atomic mass is 16.5. The van der Waals surface area contributed by atoms with Gasteiger partial charge in [0.2, 0.25) is 0 Å². The minimum absolute atomic E-state index is 0.205. The van der Waals surface area contributed by atoms with Gasteiger partial charge in [-0.25, -0.2) is 0 Å². The summed E-state index contributed by atoms with van der Waals surface area (Å²) in [6.07, 6.45) is 1.03. The smallest absolute Gasteiger partial charge is 0.325 e. The Morgan fingerprint density at radius 1 is 1.14 bits per heavy atom. The van der Waals surface area contributed by atoms with Crippen molar-refractivity contribution in [3.63, 3.8) is 0 Å². The molecule has 152 valence electrons. The van der Waals surface area contributed by atoms with Gasteiger partial charge in [0.1, 0.15) is 12.3 Å². The number of nitrogens with one attached hydrogen (secondary N) is 1. The molecule has 0 atom stereocenters. The van der Waals surface area contributed by atoms with E-state index in [0.717, 1.165) is 0 Å². The van der Waals surface area contributed by atoms with Crippen molar-refractivity contribution in [2.75, 3.05) is 40.5 Å². The Kier molecular flexibility index (Phi) is 7.79. The zero-order chi connectivity index (χ0) is 20.5. The lowest BCUT2D eigenvalue weighted by atomic mass is 9.97. The van der Waals surface area contributed by atoms with Crippen molar-refractivity contribution >= 4 is 23.8 Å². The summed E-state index contributed by atoms with van der Waals surface area (Å²) < 4.78 is 14.7. The van der Waals surface area contributed by atoms with Gasteiger partial charge in [0.25, 0.3) is 11.8 Å². The zero-order valence-electron chi connectivity index (χ0n) is 15.9. The van der Waals surface area contributed by atoms with E-state index in [0.29, 0.717) is 37.2 Å². The zero-order valence-corrected chi connectivity index (χ0v) is 15.9. The molecular weight excluding hydrogens is 368 g/mol. The van der Waals surface area contributed by atoms with Gasteiger partial charge in [-0.15, -0.1) is 0 Å². The standard InChI is InChI=1S/C19H24N2O7/c1-26-15-5-3-4-14(10-15)18(24)20-11-17(23)28-12-16(22)21-8-6-13(7-9-21)19(25)27-2/h3-5,10,13H,6-9,11-12H2,1-2H3,(H,20,24). The molecule has 0 bridgehead atoms. The van der Waals surface area contributed by atoms with Crippen LogP contribution in [0.15, 0.2) is 24.3 Å². The maximum absolute atomic E-state index is 12.1. The number of benzene rings is 1. The predicted molar refractivity (Wildman–Crippen MR) is 97.6 cm³/mol. The highest BCUT2D eigenvalue weighted by Crippen LogP contribution is 2.18. The number of methoxy groups -OCH3 is 2. The Balaban J connectivity index is 1.70. The fourth-order valence-corrected chi connectivity index (χ4v) is 2.83. The summed E-state index contributed by atoms with van der Waals surface area (Å²) >= 11 is 0. The van der Waals surface area contributed by atoms with Gasteiger partial charge < -0.3 is 24.4 Å². The fraction of sp³-hybridized carbons (Fsp3) is 0.474. The number of hydrogen-bond donors (Lipinski definition) is 1. The molecule has 0 unspecified atom stereocenters. The molecule has 1 aliphatic heterocycles. The molecule has 1 N–H and O–H groups in total. The van der Waals surface area contributed by atoms with Gasteiger partial charge in [0.15, 0.2) is 6.61 Å². The number of carbonyl (C=O) groups is 4. The number of piperidine rings is 1. The maximum Gasteiger partial charge on any atom is 0.325 e. The molecule has 0 radical (unpaired) electrons. The number of amides is 2. The van der Waals surface area contributed by atoms with Crippen molar-refractivity contribution < 1.29 is 33.4 Å². The molecular formula is C19H24N2O7. The maximum atomic E-state index is 12.1. The molecule has 28 heavy (non-hydrogen) atoms. The lowest BCUT2D eigenvalue weighted by Crippen LogP contribution is -2.42. The number of rotatable bonds is 7. The number of hydrogen-bond acceptors (Lipinski definition) is 7. The average Bonchev–Trinajstić information content (AvgIpc) is 2.75. The summed E-state index contributed by atoms with van der Waals surface area (Å²) in [4.78, 5) is 48.9. The van der Waals surface area contributed by atoms with Crippen molar-refractivity contribution in [3.8, 4) is 5.75 Å². The summed E-state index contributed by atoms with van der Waals surface area (Å²) in [7, 11) is 2.83. The van der Waals surface area contributed by atoms with Crippen molar-refractivity contribution in [2.24, 2.45) is 5.92 Å². The Labute approximate surface area is 162 Å². The Morgan fingerprint density at radius 3 is 2.50 bits per heavy atom. The third-order valence-electron chi connectivity index (χ3n) is 4.46. The summed E-state index contributed by atoms with van der Waals surface area (Å²) in [6.45, 7) is 0.0515. The van der Waals surface area contributed by atoms with Crippen LogP contribution < -0.4 is 10.1 Å². The van der Waals surface area contributed by atoms with Gasteiger partial charge in [-0.05, 0) is 31.0 Å². The molecule has 1 aromatic rings. The molecule has 0 aromatic heterocycles. The lowest BCUT2D eigenvalue weighted by Gasteiger charge is -2.30. The second-order valence-electron chi connectivity index (χ2n) is 6.25. The van der Waals surface area contributed by atoms with Crippen LogP contribution in [0.3, 0.4) is 0 Å². The number of likely N-dealkylation sites (tertiary alicyclic amines) is 1. The van der Waals surface area contributed by atoms with Crippen molar-refractivity contribution in [2.45, 2.75) is 12.8 Å². The van der Waals surface area contributed by atoms with Gasteiger partial charge in [-0.2, -0.15) is 0 Å². The number of esters is 2. The molecule has 1 fully saturated rings. The third kappa shape index (κ3) is 5.97. The molecule has 1 heterocycles. The van der Waals surface area contributed by atoms with Gasteiger partial charge in [-0.1, -0.05) is 6.07 Å². The minimum Gasteiger partial charge on any atom is -0.497 e. The minimum atomic E-state index is -0.714. The van der Waals surface area contributed by atoms with Gasteiger partial charge >= 0.3 is 11.9 Å². The molecule has 0 spiro atoms. The van der Waals surface area contributed by atoms with Crippen LogP contribution >= 0.6 is 0 Å². The highest BCUT2D eigenvalue weighted by molar-refractivity contribution is 5.96. The van der Waals surface area contributed by atoms with Crippen molar-refractivity contribution in [1.29, 1.82) is 0 Å². The predicted octanol–water partition coefficient (Wildman–Crippen LogP) is 0.380. The summed E-state index contributed by atoms with van der Waals surface area (Å²) in [5, 5.41) is 2.43. The van der Waals surface area contributed by atoms with Crippen LogP contribution in [-0.4, -0.2) is 69.1 Å². The highest BCUT2D eigenvalue weighted by Gasteiger charge is 2.28. The van der Waals surface area contributed by atoms with E-state index in [-0.39, 0.29) is 24.3 Å². The fourth-order valence-electron chi connectivity index (χ4n) is 2.83. The average molecular weight is 392 g/mol. The van der Waals surface area contributed by atoms with Crippen molar-refractivity contribution in [1.82, 2.24) is 10.2 Å². The first-order valence-corrected chi connectivity index (χ1v) is 8.88.